The third-order valence-electron chi connectivity index (χ3n) is 3.96. The molecule has 0 unspecified atom stereocenters. The van der Waals surface area contributed by atoms with Gasteiger partial charge in [0.15, 0.2) is 0 Å². The second-order valence-electron chi connectivity index (χ2n) is 4.95. The van der Waals surface area contributed by atoms with E-state index in [4.69, 9.17) is 0 Å². The molecule has 4 rings (SSSR count). The molecule has 0 N–H and O–H groups in total. The molecule has 0 spiro atoms. The Balaban J connectivity index is 2.21. The van der Waals surface area contributed by atoms with Crippen molar-refractivity contribution in [1.29, 1.82) is 0 Å². The summed E-state index contributed by atoms with van der Waals surface area (Å²) in [6.45, 7) is 0. The largest absolute Gasteiger partial charge is 0.244 e. The van der Waals surface area contributed by atoms with Crippen LogP contribution in [0, 0.1) is 0 Å². The van der Waals surface area contributed by atoms with E-state index in [1.165, 1.54) is 27.6 Å². The van der Waals surface area contributed by atoms with Gasteiger partial charge in [0.2, 0.25) is 0 Å². The second kappa shape index (κ2) is 3.77. The van der Waals surface area contributed by atoms with Crippen LogP contribution in [0.1, 0.15) is 35.1 Å². The molecule has 1 heterocycles. The van der Waals surface area contributed by atoms with Crippen molar-refractivity contribution in [2.45, 2.75) is 25.7 Å². The van der Waals surface area contributed by atoms with Crippen LogP contribution in [0.3, 0.4) is 0 Å². The molecule has 0 amide bonds. The van der Waals surface area contributed by atoms with Crippen LogP contribution in [-0.2, 0) is 12.8 Å². The number of hydrogen-bond acceptors (Lipinski definition) is 2. The molecule has 0 radical (unpaired) electrons. The van der Waals surface area contributed by atoms with Gasteiger partial charge < -0.3 is 0 Å². The normalized spacial score (nSPS) is 16.7. The quantitative estimate of drug-likeness (QED) is 0.696. The molecule has 2 aliphatic rings. The van der Waals surface area contributed by atoms with Crippen molar-refractivity contribution in [1.82, 2.24) is 9.97 Å². The standard InChI is InChI=1S/C16H14N2/c1-2-7-13-11(5-1)12-6-3-4-8-14(12)16-15(13)9-17-10-18-16/h2,4,7-10H,1,3,5-6H2. The molecule has 18 heavy (non-hydrogen) atoms. The lowest BCUT2D eigenvalue weighted by Gasteiger charge is -2.22. The number of allylic oxidation sites excluding steroid dienone is 2. The molecule has 2 aliphatic carbocycles. The van der Waals surface area contributed by atoms with Gasteiger partial charge in [-0.3, -0.25) is 0 Å². The zero-order valence-electron chi connectivity index (χ0n) is 10.2. The smallest absolute Gasteiger partial charge is 0.116 e. The second-order valence-corrected chi connectivity index (χ2v) is 4.95. The van der Waals surface area contributed by atoms with Crippen LogP contribution in [0.25, 0.3) is 23.1 Å². The highest BCUT2D eigenvalue weighted by Gasteiger charge is 2.19. The number of fused-ring (bicyclic) bond motifs is 6. The van der Waals surface area contributed by atoms with E-state index in [2.05, 4.69) is 34.3 Å². The Labute approximate surface area is 106 Å². The molecule has 88 valence electrons. The van der Waals surface area contributed by atoms with Crippen molar-refractivity contribution in [3.8, 4) is 0 Å². The van der Waals surface area contributed by atoms with Crippen LogP contribution in [-0.4, -0.2) is 9.97 Å². The van der Waals surface area contributed by atoms with Crippen molar-refractivity contribution >= 4 is 23.1 Å². The van der Waals surface area contributed by atoms with Gasteiger partial charge in [0.1, 0.15) is 6.33 Å². The minimum atomic E-state index is 1.11. The van der Waals surface area contributed by atoms with E-state index in [-0.39, 0.29) is 0 Å². The van der Waals surface area contributed by atoms with Gasteiger partial charge >= 0.3 is 0 Å². The summed E-state index contributed by atoms with van der Waals surface area (Å²) in [5.41, 5.74) is 6.84. The van der Waals surface area contributed by atoms with Gasteiger partial charge in [-0.2, -0.15) is 0 Å². The average Bonchev–Trinajstić information content (AvgIpc) is 2.48. The van der Waals surface area contributed by atoms with E-state index >= 15 is 0 Å². The monoisotopic (exact) mass is 234 g/mol. The minimum Gasteiger partial charge on any atom is -0.244 e. The third-order valence-corrected chi connectivity index (χ3v) is 3.96. The topological polar surface area (TPSA) is 25.8 Å². The highest BCUT2D eigenvalue weighted by Crippen LogP contribution is 2.36. The zero-order valence-corrected chi connectivity index (χ0v) is 10.2. The Hall–Kier alpha value is -1.96. The van der Waals surface area contributed by atoms with Crippen molar-refractivity contribution in [3.05, 3.63) is 46.9 Å². The van der Waals surface area contributed by atoms with Crippen molar-refractivity contribution < 1.29 is 0 Å². The Kier molecular flexibility index (Phi) is 2.10. The molecule has 0 aliphatic heterocycles. The van der Waals surface area contributed by atoms with Crippen LogP contribution in [0.15, 0.2) is 24.7 Å². The summed E-state index contributed by atoms with van der Waals surface area (Å²) in [7, 11) is 0. The maximum Gasteiger partial charge on any atom is 0.116 e. The van der Waals surface area contributed by atoms with Gasteiger partial charge in [-0.25, -0.2) is 9.97 Å². The molecule has 0 fully saturated rings. The van der Waals surface area contributed by atoms with E-state index in [0.29, 0.717) is 0 Å². The van der Waals surface area contributed by atoms with Crippen LogP contribution in [0.2, 0.25) is 0 Å². The maximum atomic E-state index is 4.51. The van der Waals surface area contributed by atoms with Crippen LogP contribution in [0.4, 0.5) is 0 Å². The van der Waals surface area contributed by atoms with E-state index in [1.54, 1.807) is 6.33 Å². The van der Waals surface area contributed by atoms with Gasteiger partial charge in [0.25, 0.3) is 0 Å². The SMILES string of the molecule is C1=Cc2c(c3c(c4ncncc24)C=CCC3)CC1. The molecular weight excluding hydrogens is 220 g/mol. The number of nitrogens with zero attached hydrogens (tertiary/aromatic N) is 2. The lowest BCUT2D eigenvalue weighted by atomic mass is 9.83. The molecule has 0 saturated heterocycles. The fourth-order valence-corrected chi connectivity index (χ4v) is 3.17. The summed E-state index contributed by atoms with van der Waals surface area (Å²) >= 11 is 0. The van der Waals surface area contributed by atoms with E-state index < -0.39 is 0 Å². The third kappa shape index (κ3) is 1.29. The molecule has 0 atom stereocenters. The molecule has 0 saturated carbocycles. The van der Waals surface area contributed by atoms with Gasteiger partial charge in [-0.1, -0.05) is 24.3 Å². The molecule has 0 bridgehead atoms. The first-order valence-corrected chi connectivity index (χ1v) is 6.55. The molecule has 1 aromatic carbocycles. The first-order chi connectivity index (χ1) is 8.95. The van der Waals surface area contributed by atoms with E-state index in [1.807, 2.05) is 6.20 Å². The predicted octanol–water partition coefficient (Wildman–Crippen LogP) is 3.55. The minimum absolute atomic E-state index is 1.11. The Bertz CT molecular complexity index is 635. The molecule has 2 heteroatoms. The highest BCUT2D eigenvalue weighted by molar-refractivity contribution is 5.96. The number of hydrogen-bond donors (Lipinski definition) is 0. The number of aromatic nitrogens is 2. The van der Waals surface area contributed by atoms with Crippen LogP contribution < -0.4 is 0 Å². The lowest BCUT2D eigenvalue weighted by molar-refractivity contribution is 0.909. The first kappa shape index (κ1) is 10.0. The lowest BCUT2D eigenvalue weighted by Crippen LogP contribution is -2.07. The number of benzene rings is 1. The molecular formula is C16H14N2. The van der Waals surface area contributed by atoms with Crippen LogP contribution in [0.5, 0.6) is 0 Å². The summed E-state index contributed by atoms with van der Waals surface area (Å²) < 4.78 is 0. The maximum absolute atomic E-state index is 4.51. The van der Waals surface area contributed by atoms with E-state index in [0.717, 1.165) is 31.2 Å². The van der Waals surface area contributed by atoms with Gasteiger partial charge in [-0.05, 0) is 42.4 Å². The zero-order chi connectivity index (χ0) is 11.9. The van der Waals surface area contributed by atoms with Crippen LogP contribution >= 0.6 is 0 Å². The predicted molar refractivity (Wildman–Crippen MR) is 74.2 cm³/mol. The molecule has 1 aromatic heterocycles. The van der Waals surface area contributed by atoms with Gasteiger partial charge in [0, 0.05) is 17.1 Å². The Morgan fingerprint density at radius 3 is 2.44 bits per heavy atom. The fourth-order valence-electron chi connectivity index (χ4n) is 3.17. The Morgan fingerprint density at radius 2 is 1.61 bits per heavy atom. The van der Waals surface area contributed by atoms with Gasteiger partial charge in [-0.15, -0.1) is 0 Å². The van der Waals surface area contributed by atoms with Crippen molar-refractivity contribution in [2.75, 3.05) is 0 Å². The summed E-state index contributed by atoms with van der Waals surface area (Å²) in [5.74, 6) is 0. The number of rotatable bonds is 0. The van der Waals surface area contributed by atoms with Crippen molar-refractivity contribution in [2.24, 2.45) is 0 Å². The average molecular weight is 234 g/mol. The summed E-state index contributed by atoms with van der Waals surface area (Å²) in [6, 6.07) is 0. The van der Waals surface area contributed by atoms with Gasteiger partial charge in [0.05, 0.1) is 5.52 Å². The summed E-state index contributed by atoms with van der Waals surface area (Å²) in [6.07, 6.45) is 17.3. The summed E-state index contributed by atoms with van der Waals surface area (Å²) in [5, 5.41) is 1.20. The highest BCUT2D eigenvalue weighted by atomic mass is 14.8. The fraction of sp³-hybridized carbons (Fsp3) is 0.250. The molecule has 2 aromatic rings. The molecule has 2 nitrogen and oxygen atoms in total. The Morgan fingerprint density at radius 1 is 0.889 bits per heavy atom. The first-order valence-electron chi connectivity index (χ1n) is 6.55. The summed E-state index contributed by atoms with van der Waals surface area (Å²) in [4.78, 5) is 8.71. The van der Waals surface area contributed by atoms with Crippen molar-refractivity contribution in [3.63, 3.8) is 0 Å². The van der Waals surface area contributed by atoms with E-state index in [9.17, 15) is 0 Å².